The molecule has 0 spiro atoms. The SMILES string of the molecule is COc1ccccc1[C@@H]1CC(=O)C2=C(C1)NC(C)=C(C(=O)OC1CCOCC1)[C@@H]2c1cccc(O)c1. The molecular weight excluding hydrogens is 458 g/mol. The minimum absolute atomic E-state index is 0.0307. The number of rotatable bonds is 5. The van der Waals surface area contributed by atoms with Gasteiger partial charge in [0.25, 0.3) is 0 Å². The molecule has 36 heavy (non-hydrogen) atoms. The van der Waals surface area contributed by atoms with E-state index in [0.717, 1.165) is 17.0 Å². The average molecular weight is 490 g/mol. The van der Waals surface area contributed by atoms with Crippen LogP contribution in [0.3, 0.4) is 0 Å². The number of hydrogen-bond donors (Lipinski definition) is 2. The third-order valence-electron chi connectivity index (χ3n) is 7.27. The second-order valence-electron chi connectivity index (χ2n) is 9.57. The number of carbonyl (C=O) groups excluding carboxylic acids is 2. The van der Waals surface area contributed by atoms with Crippen LogP contribution >= 0.6 is 0 Å². The van der Waals surface area contributed by atoms with Crippen LogP contribution in [-0.2, 0) is 19.1 Å². The predicted octanol–water partition coefficient (Wildman–Crippen LogP) is 4.48. The Bertz CT molecular complexity index is 1240. The number of Topliss-reactive ketones (excluding diaryl/α,β-unsaturated/α-hetero) is 1. The molecule has 0 saturated carbocycles. The van der Waals surface area contributed by atoms with Gasteiger partial charge in [0.2, 0.25) is 0 Å². The molecule has 0 amide bonds. The summed E-state index contributed by atoms with van der Waals surface area (Å²) in [6.45, 7) is 2.96. The molecule has 0 unspecified atom stereocenters. The average Bonchev–Trinajstić information content (AvgIpc) is 2.88. The van der Waals surface area contributed by atoms with Crippen molar-refractivity contribution in [3.63, 3.8) is 0 Å². The summed E-state index contributed by atoms with van der Waals surface area (Å²) in [7, 11) is 1.63. The molecule has 3 aliphatic rings. The third-order valence-corrected chi connectivity index (χ3v) is 7.27. The molecule has 1 aliphatic carbocycles. The maximum Gasteiger partial charge on any atom is 0.337 e. The second kappa shape index (κ2) is 10.2. The number of benzene rings is 2. The summed E-state index contributed by atoms with van der Waals surface area (Å²) in [5, 5.41) is 13.6. The predicted molar refractivity (Wildman–Crippen MR) is 134 cm³/mol. The fourth-order valence-corrected chi connectivity index (χ4v) is 5.58. The number of phenolic OH excluding ortho intramolecular Hbond substituents is 1. The van der Waals surface area contributed by atoms with E-state index in [1.165, 1.54) is 0 Å². The largest absolute Gasteiger partial charge is 0.508 e. The zero-order chi connectivity index (χ0) is 25.2. The van der Waals surface area contributed by atoms with Crippen molar-refractivity contribution in [2.45, 2.75) is 50.5 Å². The summed E-state index contributed by atoms with van der Waals surface area (Å²) in [5.41, 5.74) is 4.11. The first-order valence-corrected chi connectivity index (χ1v) is 12.4. The highest BCUT2D eigenvalue weighted by atomic mass is 16.6. The normalized spacial score (nSPS) is 22.7. The van der Waals surface area contributed by atoms with Crippen LogP contribution in [0.25, 0.3) is 0 Å². The monoisotopic (exact) mass is 489 g/mol. The van der Waals surface area contributed by atoms with E-state index in [0.29, 0.717) is 61.3 Å². The minimum atomic E-state index is -0.619. The zero-order valence-corrected chi connectivity index (χ0v) is 20.6. The highest BCUT2D eigenvalue weighted by molar-refractivity contribution is 6.04. The molecule has 1 fully saturated rings. The molecule has 2 N–H and O–H groups in total. The lowest BCUT2D eigenvalue weighted by molar-refractivity contribution is -0.148. The fourth-order valence-electron chi connectivity index (χ4n) is 5.58. The Morgan fingerprint density at radius 2 is 1.86 bits per heavy atom. The zero-order valence-electron chi connectivity index (χ0n) is 20.6. The molecule has 2 aromatic rings. The summed E-state index contributed by atoms with van der Waals surface area (Å²) in [4.78, 5) is 27.3. The Morgan fingerprint density at radius 1 is 1.08 bits per heavy atom. The van der Waals surface area contributed by atoms with Crippen LogP contribution in [0.15, 0.2) is 71.1 Å². The van der Waals surface area contributed by atoms with Gasteiger partial charge in [-0.05, 0) is 42.7 Å². The van der Waals surface area contributed by atoms with Crippen molar-refractivity contribution in [3.05, 3.63) is 82.2 Å². The Hall–Kier alpha value is -3.58. The Kier molecular flexibility index (Phi) is 6.83. The van der Waals surface area contributed by atoms with E-state index >= 15 is 0 Å². The van der Waals surface area contributed by atoms with E-state index < -0.39 is 11.9 Å². The van der Waals surface area contributed by atoms with Crippen LogP contribution in [0.5, 0.6) is 11.5 Å². The van der Waals surface area contributed by atoms with Crippen LogP contribution in [0, 0.1) is 0 Å². The van der Waals surface area contributed by atoms with Crippen LogP contribution in [0.1, 0.15) is 55.6 Å². The fraction of sp³-hybridized carbons (Fsp3) is 0.379. The first-order valence-electron chi connectivity index (χ1n) is 12.4. The number of dihydropyridines is 1. The number of ketones is 1. The number of allylic oxidation sites excluding steroid dienone is 3. The van der Waals surface area contributed by atoms with E-state index in [4.69, 9.17) is 14.2 Å². The van der Waals surface area contributed by atoms with Crippen molar-refractivity contribution in [1.82, 2.24) is 5.32 Å². The first kappa shape index (κ1) is 24.1. The van der Waals surface area contributed by atoms with Crippen molar-refractivity contribution in [3.8, 4) is 11.5 Å². The maximum absolute atomic E-state index is 13.8. The van der Waals surface area contributed by atoms with E-state index in [-0.39, 0.29) is 23.6 Å². The number of phenols is 1. The van der Waals surface area contributed by atoms with Crippen molar-refractivity contribution in [2.75, 3.05) is 20.3 Å². The molecule has 2 aromatic carbocycles. The van der Waals surface area contributed by atoms with E-state index in [1.54, 1.807) is 25.3 Å². The third kappa shape index (κ3) is 4.63. The molecular formula is C29H31NO6. The molecule has 1 saturated heterocycles. The summed E-state index contributed by atoms with van der Waals surface area (Å²) in [6.07, 6.45) is 1.99. The number of hydrogen-bond acceptors (Lipinski definition) is 7. The Morgan fingerprint density at radius 3 is 2.61 bits per heavy atom. The highest BCUT2D eigenvalue weighted by Gasteiger charge is 2.42. The molecule has 2 heterocycles. The molecule has 0 aromatic heterocycles. The molecule has 2 atom stereocenters. The molecule has 188 valence electrons. The molecule has 7 heteroatoms. The number of para-hydroxylation sites is 1. The second-order valence-corrected chi connectivity index (χ2v) is 9.57. The van der Waals surface area contributed by atoms with Crippen molar-refractivity contribution in [2.24, 2.45) is 0 Å². The first-order chi connectivity index (χ1) is 17.5. The van der Waals surface area contributed by atoms with Crippen molar-refractivity contribution < 1.29 is 28.9 Å². The van der Waals surface area contributed by atoms with Gasteiger partial charge in [0, 0.05) is 48.1 Å². The summed E-state index contributed by atoms with van der Waals surface area (Å²) in [6, 6.07) is 14.5. The maximum atomic E-state index is 13.8. The number of carbonyl (C=O) groups is 2. The van der Waals surface area contributed by atoms with Crippen LogP contribution in [0.4, 0.5) is 0 Å². The molecule has 0 bridgehead atoms. The lowest BCUT2D eigenvalue weighted by Crippen LogP contribution is -2.37. The standard InChI is InChI=1S/C29H31NO6/c1-17-26(29(33)36-21-10-12-35-13-11-21)27(18-6-5-7-20(31)14-18)28-23(30-17)15-19(16-24(28)32)22-8-3-4-9-25(22)34-2/h3-9,14,19,21,27,30-31H,10-13,15-16H2,1-2H3/t19-,27-/m0/s1. The smallest absolute Gasteiger partial charge is 0.337 e. The van der Waals surface area contributed by atoms with Gasteiger partial charge in [-0.2, -0.15) is 0 Å². The molecule has 5 rings (SSSR count). The number of esters is 1. The van der Waals surface area contributed by atoms with Gasteiger partial charge in [-0.3, -0.25) is 4.79 Å². The van der Waals surface area contributed by atoms with Gasteiger partial charge in [-0.1, -0.05) is 30.3 Å². The van der Waals surface area contributed by atoms with E-state index in [1.807, 2.05) is 37.3 Å². The highest BCUT2D eigenvalue weighted by Crippen LogP contribution is 2.47. The number of ether oxygens (including phenoxy) is 3. The number of methoxy groups -OCH3 is 1. The Labute approximate surface area is 210 Å². The molecule has 0 radical (unpaired) electrons. The van der Waals surface area contributed by atoms with Crippen LogP contribution in [-0.4, -0.2) is 43.3 Å². The molecule has 2 aliphatic heterocycles. The van der Waals surface area contributed by atoms with Gasteiger partial charge >= 0.3 is 5.97 Å². The Balaban J connectivity index is 1.54. The quantitative estimate of drug-likeness (QED) is 0.598. The topological polar surface area (TPSA) is 94.1 Å². The molecule has 7 nitrogen and oxygen atoms in total. The van der Waals surface area contributed by atoms with Gasteiger partial charge < -0.3 is 24.6 Å². The van der Waals surface area contributed by atoms with Gasteiger partial charge in [-0.25, -0.2) is 4.79 Å². The van der Waals surface area contributed by atoms with E-state index in [2.05, 4.69) is 5.32 Å². The van der Waals surface area contributed by atoms with Crippen molar-refractivity contribution >= 4 is 11.8 Å². The lowest BCUT2D eigenvalue weighted by Gasteiger charge is -2.37. The summed E-state index contributed by atoms with van der Waals surface area (Å²) >= 11 is 0. The number of nitrogens with one attached hydrogen (secondary N) is 1. The minimum Gasteiger partial charge on any atom is -0.508 e. The van der Waals surface area contributed by atoms with Gasteiger partial charge in [0.1, 0.15) is 17.6 Å². The lowest BCUT2D eigenvalue weighted by atomic mass is 9.71. The van der Waals surface area contributed by atoms with E-state index in [9.17, 15) is 14.7 Å². The number of aromatic hydroxyl groups is 1. The van der Waals surface area contributed by atoms with Gasteiger partial charge in [0.05, 0.1) is 25.9 Å². The van der Waals surface area contributed by atoms with Crippen molar-refractivity contribution in [1.29, 1.82) is 0 Å². The van der Waals surface area contributed by atoms with Crippen LogP contribution < -0.4 is 10.1 Å². The van der Waals surface area contributed by atoms with Crippen LogP contribution in [0.2, 0.25) is 0 Å². The summed E-state index contributed by atoms with van der Waals surface area (Å²) in [5.74, 6) is -0.297. The summed E-state index contributed by atoms with van der Waals surface area (Å²) < 4.78 is 16.8. The van der Waals surface area contributed by atoms with Gasteiger partial charge in [0.15, 0.2) is 5.78 Å². The van der Waals surface area contributed by atoms with Gasteiger partial charge in [-0.15, -0.1) is 0 Å².